The van der Waals surface area contributed by atoms with E-state index in [-0.39, 0.29) is 18.1 Å². The van der Waals surface area contributed by atoms with Gasteiger partial charge in [-0.05, 0) is 86.8 Å². The van der Waals surface area contributed by atoms with Crippen LogP contribution in [0.5, 0.6) is 5.75 Å². The Hall–Kier alpha value is -2.61. The second kappa shape index (κ2) is 9.90. The molecule has 4 rings (SSSR count). The highest BCUT2D eigenvalue weighted by molar-refractivity contribution is 7.10. The van der Waals surface area contributed by atoms with E-state index >= 15 is 0 Å². The molecular formula is C24H31N3O4S. The topological polar surface area (TPSA) is 91.8 Å². The number of aliphatic carboxylic acids is 1. The highest BCUT2D eigenvalue weighted by Crippen LogP contribution is 2.36. The van der Waals surface area contributed by atoms with Crippen LogP contribution in [0.1, 0.15) is 57.1 Å². The summed E-state index contributed by atoms with van der Waals surface area (Å²) in [5, 5.41) is 12.4. The van der Waals surface area contributed by atoms with Crippen LogP contribution in [0, 0.1) is 12.8 Å². The molecule has 1 aromatic carbocycles. The number of urea groups is 1. The van der Waals surface area contributed by atoms with E-state index in [1.54, 1.807) is 0 Å². The first-order chi connectivity index (χ1) is 15.4. The summed E-state index contributed by atoms with van der Waals surface area (Å²) in [6.07, 6.45) is 7.45. The molecule has 2 aromatic rings. The lowest BCUT2D eigenvalue weighted by Gasteiger charge is -2.27. The predicted molar refractivity (Wildman–Crippen MR) is 125 cm³/mol. The molecule has 2 aliphatic carbocycles. The summed E-state index contributed by atoms with van der Waals surface area (Å²) >= 11 is 1.37. The second-order valence-corrected chi connectivity index (χ2v) is 9.69. The summed E-state index contributed by atoms with van der Waals surface area (Å²) in [6, 6.07) is 7.97. The molecule has 1 heterocycles. The van der Waals surface area contributed by atoms with Gasteiger partial charge in [0, 0.05) is 13.1 Å². The van der Waals surface area contributed by atoms with Crippen LogP contribution in [0.25, 0.3) is 10.4 Å². The van der Waals surface area contributed by atoms with Gasteiger partial charge in [0.1, 0.15) is 5.75 Å². The van der Waals surface area contributed by atoms with Crippen molar-refractivity contribution >= 4 is 29.2 Å². The van der Waals surface area contributed by atoms with Crippen molar-refractivity contribution in [3.05, 3.63) is 30.0 Å². The van der Waals surface area contributed by atoms with Crippen molar-refractivity contribution in [1.29, 1.82) is 0 Å². The third-order valence-corrected chi connectivity index (χ3v) is 7.67. The Kier molecular flexibility index (Phi) is 6.98. The maximum Gasteiger partial charge on any atom is 0.321 e. The molecule has 2 saturated carbocycles. The molecule has 0 saturated heterocycles. The van der Waals surface area contributed by atoms with E-state index < -0.39 is 5.97 Å². The number of rotatable bonds is 6. The number of carbonyl (C=O) groups is 2. The van der Waals surface area contributed by atoms with Crippen LogP contribution in [0.3, 0.4) is 0 Å². The number of carboxylic acids is 1. The fourth-order valence-corrected chi connectivity index (χ4v) is 5.57. The van der Waals surface area contributed by atoms with Crippen LogP contribution >= 0.6 is 11.5 Å². The minimum Gasteiger partial charge on any atom is -0.490 e. The number of ether oxygens (including phenoxy) is 1. The molecule has 2 fully saturated rings. The standard InChI is InChI=1S/C24H31N3O4S/c1-15-21(25-24(30)27(2)18-7-3-4-8-18)22(32-26-15)16-10-12-19(13-11-16)31-20-9-5-6-17(14-20)23(28)29/h10-13,17-18,20H,3-9,14H2,1-2H3,(H,25,30)(H,28,29)/t17-,20-/m0/s1. The van der Waals surface area contributed by atoms with Crippen LogP contribution in [0.15, 0.2) is 24.3 Å². The van der Waals surface area contributed by atoms with Crippen LogP contribution in [0.4, 0.5) is 10.5 Å². The largest absolute Gasteiger partial charge is 0.490 e. The van der Waals surface area contributed by atoms with Crippen LogP contribution in [-0.4, -0.2) is 45.6 Å². The van der Waals surface area contributed by atoms with E-state index in [1.807, 2.05) is 43.1 Å². The van der Waals surface area contributed by atoms with Gasteiger partial charge in [-0.15, -0.1) is 0 Å². The smallest absolute Gasteiger partial charge is 0.321 e. The number of carbonyl (C=O) groups excluding carboxylic acids is 1. The average molecular weight is 458 g/mol. The number of nitrogens with one attached hydrogen (secondary N) is 1. The van der Waals surface area contributed by atoms with Crippen molar-refractivity contribution in [2.45, 2.75) is 70.4 Å². The van der Waals surface area contributed by atoms with E-state index in [1.165, 1.54) is 24.4 Å². The molecule has 2 N–H and O–H groups in total. The van der Waals surface area contributed by atoms with Crippen molar-refractivity contribution < 1.29 is 19.4 Å². The first-order valence-electron chi connectivity index (χ1n) is 11.4. The van der Waals surface area contributed by atoms with Gasteiger partial charge in [-0.2, -0.15) is 4.37 Å². The summed E-state index contributed by atoms with van der Waals surface area (Å²) in [4.78, 5) is 26.8. The molecule has 172 valence electrons. The second-order valence-electron chi connectivity index (χ2n) is 8.92. The van der Waals surface area contributed by atoms with Gasteiger partial charge in [0.2, 0.25) is 0 Å². The highest BCUT2D eigenvalue weighted by Gasteiger charge is 2.28. The Morgan fingerprint density at radius 2 is 1.84 bits per heavy atom. The number of hydrogen-bond acceptors (Lipinski definition) is 5. The molecule has 8 heteroatoms. The molecule has 7 nitrogen and oxygen atoms in total. The third-order valence-electron chi connectivity index (χ3n) is 6.68. The SMILES string of the molecule is Cc1nsc(-c2ccc(O[C@H]3CCC[C@H](C(=O)O)C3)cc2)c1NC(=O)N(C)C1CCCC1. The molecule has 0 radical (unpaired) electrons. The van der Waals surface area contributed by atoms with Crippen molar-refractivity contribution in [3.63, 3.8) is 0 Å². The van der Waals surface area contributed by atoms with E-state index in [0.29, 0.717) is 12.5 Å². The normalized spacial score (nSPS) is 21.3. The number of carboxylic acid groups (broad SMARTS) is 1. The van der Waals surface area contributed by atoms with Crippen molar-refractivity contribution in [2.24, 2.45) is 5.92 Å². The first kappa shape index (κ1) is 22.6. The zero-order chi connectivity index (χ0) is 22.7. The average Bonchev–Trinajstić information content (AvgIpc) is 3.45. The zero-order valence-electron chi connectivity index (χ0n) is 18.7. The molecule has 0 spiro atoms. The minimum absolute atomic E-state index is 0.0673. The molecule has 0 aliphatic heterocycles. The van der Waals surface area contributed by atoms with Gasteiger partial charge in [0.05, 0.1) is 28.3 Å². The van der Waals surface area contributed by atoms with Crippen LogP contribution in [0.2, 0.25) is 0 Å². The summed E-state index contributed by atoms with van der Waals surface area (Å²) in [5.41, 5.74) is 2.53. The Morgan fingerprint density at radius 3 is 2.53 bits per heavy atom. The number of amides is 2. The summed E-state index contributed by atoms with van der Waals surface area (Å²) in [6.45, 7) is 1.91. The van der Waals surface area contributed by atoms with Gasteiger partial charge < -0.3 is 20.1 Å². The molecule has 1 aromatic heterocycles. The molecule has 2 aliphatic rings. The Bertz CT molecular complexity index is 953. The monoisotopic (exact) mass is 457 g/mol. The van der Waals surface area contributed by atoms with E-state index in [2.05, 4.69) is 9.69 Å². The number of benzene rings is 1. The highest BCUT2D eigenvalue weighted by atomic mass is 32.1. The van der Waals surface area contributed by atoms with Gasteiger partial charge >= 0.3 is 12.0 Å². The van der Waals surface area contributed by atoms with Gasteiger partial charge in [-0.1, -0.05) is 12.8 Å². The van der Waals surface area contributed by atoms with Crippen LogP contribution in [-0.2, 0) is 4.79 Å². The minimum atomic E-state index is -0.734. The fraction of sp³-hybridized carbons (Fsp3) is 0.542. The number of anilines is 1. The van der Waals surface area contributed by atoms with E-state index in [0.717, 1.165) is 59.7 Å². The Labute approximate surface area is 192 Å². The van der Waals surface area contributed by atoms with Crippen molar-refractivity contribution in [2.75, 3.05) is 12.4 Å². The van der Waals surface area contributed by atoms with E-state index in [9.17, 15) is 14.7 Å². The van der Waals surface area contributed by atoms with Crippen molar-refractivity contribution in [3.8, 4) is 16.2 Å². The summed E-state index contributed by atoms with van der Waals surface area (Å²) in [7, 11) is 1.87. The lowest BCUT2D eigenvalue weighted by atomic mass is 9.87. The molecule has 32 heavy (non-hydrogen) atoms. The molecule has 0 bridgehead atoms. The maximum absolute atomic E-state index is 12.8. The van der Waals surface area contributed by atoms with Gasteiger partial charge in [-0.3, -0.25) is 4.79 Å². The zero-order valence-corrected chi connectivity index (χ0v) is 19.5. The van der Waals surface area contributed by atoms with E-state index in [4.69, 9.17) is 4.74 Å². The van der Waals surface area contributed by atoms with Gasteiger partial charge in [0.15, 0.2) is 0 Å². The Balaban J connectivity index is 1.43. The van der Waals surface area contributed by atoms with Gasteiger partial charge in [-0.25, -0.2) is 4.79 Å². The number of aryl methyl sites for hydroxylation is 1. The first-order valence-corrected chi connectivity index (χ1v) is 12.2. The third kappa shape index (κ3) is 5.06. The van der Waals surface area contributed by atoms with Gasteiger partial charge in [0.25, 0.3) is 0 Å². The number of nitrogens with zero attached hydrogens (tertiary/aromatic N) is 2. The predicted octanol–water partition coefficient (Wildman–Crippen LogP) is 5.55. The molecule has 0 unspecified atom stereocenters. The van der Waals surface area contributed by atoms with Crippen molar-refractivity contribution in [1.82, 2.24) is 9.27 Å². The molecule has 2 amide bonds. The molecular weight excluding hydrogens is 426 g/mol. The molecule has 2 atom stereocenters. The maximum atomic E-state index is 12.8. The lowest BCUT2D eigenvalue weighted by Crippen LogP contribution is -2.38. The fourth-order valence-electron chi connectivity index (χ4n) is 4.72. The quantitative estimate of drug-likeness (QED) is 0.594. The Morgan fingerprint density at radius 1 is 1.12 bits per heavy atom. The summed E-state index contributed by atoms with van der Waals surface area (Å²) < 4.78 is 10.5. The van der Waals surface area contributed by atoms with Crippen LogP contribution < -0.4 is 10.1 Å². The lowest BCUT2D eigenvalue weighted by molar-refractivity contribution is -0.143. The number of hydrogen-bond donors (Lipinski definition) is 2. The summed E-state index contributed by atoms with van der Waals surface area (Å²) in [5.74, 6) is -0.318. The number of aromatic nitrogens is 1.